The number of nitrogens with one attached hydrogen (secondary N) is 2. The molecule has 0 fully saturated rings. The van der Waals surface area contributed by atoms with Gasteiger partial charge in [0.15, 0.2) is 5.96 Å². The Labute approximate surface area is 202 Å². The molecular weight excluding hydrogens is 536 g/mol. The van der Waals surface area contributed by atoms with Crippen LogP contribution in [0.25, 0.3) is 0 Å². The second kappa shape index (κ2) is 11.4. The highest BCUT2D eigenvalue weighted by Gasteiger charge is 2.30. The zero-order valence-electron chi connectivity index (χ0n) is 17.8. The Hall–Kier alpha value is -2.50. The summed E-state index contributed by atoms with van der Waals surface area (Å²) in [6.45, 7) is 0.739. The Balaban J connectivity index is 0.00000363. The van der Waals surface area contributed by atoms with E-state index < -0.39 is 11.7 Å². The van der Waals surface area contributed by atoms with Crippen molar-refractivity contribution in [2.24, 2.45) is 4.99 Å². The second-order valence-electron chi connectivity index (χ2n) is 7.37. The molecule has 1 unspecified atom stereocenters. The molecule has 1 atom stereocenters. The third-order valence-electron chi connectivity index (χ3n) is 4.88. The maximum absolute atomic E-state index is 12.8. The molecule has 2 aromatic rings. The van der Waals surface area contributed by atoms with Crippen LogP contribution in [0.2, 0.25) is 0 Å². The number of amides is 1. The molecule has 6 nitrogen and oxygen atoms in total. The van der Waals surface area contributed by atoms with Crippen LogP contribution >= 0.6 is 24.0 Å². The van der Waals surface area contributed by atoms with E-state index in [0.29, 0.717) is 24.6 Å². The Morgan fingerprint density at radius 1 is 1.16 bits per heavy atom. The smallest absolute Gasteiger partial charge is 0.416 e. The quantitative estimate of drug-likeness (QED) is 0.329. The van der Waals surface area contributed by atoms with Crippen molar-refractivity contribution in [2.75, 3.05) is 27.2 Å². The van der Waals surface area contributed by atoms with E-state index in [1.54, 1.807) is 14.1 Å². The Bertz CT molecular complexity index is 934. The molecule has 1 heterocycles. The van der Waals surface area contributed by atoms with Crippen molar-refractivity contribution in [3.05, 3.63) is 65.2 Å². The first kappa shape index (κ1) is 25.8. The van der Waals surface area contributed by atoms with Gasteiger partial charge in [-0.1, -0.05) is 30.3 Å². The number of guanidine groups is 1. The molecule has 0 saturated heterocycles. The largest absolute Gasteiger partial charge is 0.493 e. The van der Waals surface area contributed by atoms with Crippen LogP contribution in [-0.4, -0.2) is 44.0 Å². The predicted octanol–water partition coefficient (Wildman–Crippen LogP) is 3.97. The standard InChI is InChI=1S/C22H25F3N4O2.HI/c1-29(2)20(30)14-27-21(26-13-15-7-9-16(10-8-15)22(23,24)25)28-18-11-12-31-19-6-4-3-5-17(18)19;/h3-10,18H,11-14H2,1-2H3,(H2,26,27,28);1H. The van der Waals surface area contributed by atoms with Gasteiger partial charge in [-0.25, -0.2) is 4.99 Å². The summed E-state index contributed by atoms with van der Waals surface area (Å²) in [6, 6.07) is 12.5. The Morgan fingerprint density at radius 2 is 1.84 bits per heavy atom. The van der Waals surface area contributed by atoms with Crippen LogP contribution in [0.1, 0.15) is 29.2 Å². The number of hydrogen-bond donors (Lipinski definition) is 2. The molecule has 2 aromatic carbocycles. The molecule has 0 saturated carbocycles. The molecule has 1 aliphatic rings. The van der Waals surface area contributed by atoms with Crippen LogP contribution < -0.4 is 15.4 Å². The summed E-state index contributed by atoms with van der Waals surface area (Å²) in [4.78, 5) is 17.9. The number of benzene rings is 2. The van der Waals surface area contributed by atoms with Crippen LogP contribution in [0.15, 0.2) is 53.5 Å². The molecular formula is C22H26F3IN4O2. The van der Waals surface area contributed by atoms with Gasteiger partial charge in [0, 0.05) is 26.1 Å². The number of rotatable bonds is 5. The number of hydrogen-bond acceptors (Lipinski definition) is 3. The lowest BCUT2D eigenvalue weighted by atomic mass is 10.0. The van der Waals surface area contributed by atoms with Gasteiger partial charge in [0.25, 0.3) is 0 Å². The lowest BCUT2D eigenvalue weighted by molar-refractivity contribution is -0.137. The molecule has 1 aliphatic heterocycles. The molecule has 0 bridgehead atoms. The highest BCUT2D eigenvalue weighted by atomic mass is 127. The molecule has 0 radical (unpaired) electrons. The summed E-state index contributed by atoms with van der Waals surface area (Å²) in [5.41, 5.74) is 0.907. The highest BCUT2D eigenvalue weighted by molar-refractivity contribution is 14.0. The molecule has 0 aliphatic carbocycles. The molecule has 2 N–H and O–H groups in total. The zero-order chi connectivity index (χ0) is 22.4. The number of likely N-dealkylation sites (N-methyl/N-ethyl adjacent to an activating group) is 1. The van der Waals surface area contributed by atoms with E-state index in [9.17, 15) is 18.0 Å². The highest BCUT2D eigenvalue weighted by Crippen LogP contribution is 2.31. The normalized spacial score (nSPS) is 15.7. The van der Waals surface area contributed by atoms with Gasteiger partial charge in [-0.05, 0) is 23.8 Å². The van der Waals surface area contributed by atoms with Crippen molar-refractivity contribution in [1.29, 1.82) is 0 Å². The number of carbonyl (C=O) groups excluding carboxylic acids is 1. The molecule has 0 aromatic heterocycles. The van der Waals surface area contributed by atoms with E-state index in [1.165, 1.54) is 17.0 Å². The van der Waals surface area contributed by atoms with E-state index in [-0.39, 0.29) is 49.0 Å². The minimum atomic E-state index is -4.38. The van der Waals surface area contributed by atoms with Gasteiger partial charge in [0.2, 0.25) is 5.91 Å². The monoisotopic (exact) mass is 562 g/mol. The molecule has 10 heteroatoms. The maximum atomic E-state index is 12.8. The number of fused-ring (bicyclic) bond motifs is 1. The number of alkyl halides is 3. The second-order valence-corrected chi connectivity index (χ2v) is 7.37. The van der Waals surface area contributed by atoms with Crippen LogP contribution in [0.3, 0.4) is 0 Å². The third-order valence-corrected chi connectivity index (χ3v) is 4.88. The van der Waals surface area contributed by atoms with E-state index in [0.717, 1.165) is 23.4 Å². The number of carbonyl (C=O) groups is 1. The van der Waals surface area contributed by atoms with E-state index in [2.05, 4.69) is 15.6 Å². The van der Waals surface area contributed by atoms with Gasteiger partial charge in [0.1, 0.15) is 5.75 Å². The summed E-state index contributed by atoms with van der Waals surface area (Å²) >= 11 is 0. The van der Waals surface area contributed by atoms with E-state index >= 15 is 0 Å². The lowest BCUT2D eigenvalue weighted by Crippen LogP contribution is -2.45. The van der Waals surface area contributed by atoms with Crippen LogP contribution in [0.5, 0.6) is 5.75 Å². The Kier molecular flexibility index (Phi) is 9.17. The van der Waals surface area contributed by atoms with Gasteiger partial charge < -0.3 is 20.3 Å². The fraction of sp³-hybridized carbons (Fsp3) is 0.364. The molecule has 1 amide bonds. The number of halogens is 4. The van der Waals surface area contributed by atoms with Gasteiger partial charge in [-0.15, -0.1) is 24.0 Å². The summed E-state index contributed by atoms with van der Waals surface area (Å²) in [5.74, 6) is 1.06. The fourth-order valence-electron chi connectivity index (χ4n) is 3.10. The van der Waals surface area contributed by atoms with Gasteiger partial charge in [-0.3, -0.25) is 4.79 Å². The first-order chi connectivity index (χ1) is 14.7. The Morgan fingerprint density at radius 3 is 2.50 bits per heavy atom. The number of aliphatic imine (C=N–C) groups is 1. The first-order valence-electron chi connectivity index (χ1n) is 9.87. The molecule has 0 spiro atoms. The van der Waals surface area contributed by atoms with Crippen LogP contribution in [-0.2, 0) is 17.5 Å². The first-order valence-corrected chi connectivity index (χ1v) is 9.87. The van der Waals surface area contributed by atoms with E-state index in [1.807, 2.05) is 24.3 Å². The number of nitrogens with zero attached hydrogens (tertiary/aromatic N) is 2. The average Bonchev–Trinajstić information content (AvgIpc) is 2.75. The van der Waals surface area contributed by atoms with Crippen molar-refractivity contribution in [3.63, 3.8) is 0 Å². The van der Waals surface area contributed by atoms with Crippen LogP contribution in [0.4, 0.5) is 13.2 Å². The molecule has 174 valence electrons. The van der Waals surface area contributed by atoms with Crippen LogP contribution in [0, 0.1) is 0 Å². The van der Waals surface area contributed by atoms with Gasteiger partial charge in [0.05, 0.1) is 31.3 Å². The minimum absolute atomic E-state index is 0. The maximum Gasteiger partial charge on any atom is 0.416 e. The minimum Gasteiger partial charge on any atom is -0.493 e. The summed E-state index contributed by atoms with van der Waals surface area (Å²) in [6.07, 6.45) is -3.67. The summed E-state index contributed by atoms with van der Waals surface area (Å²) < 4.78 is 44.0. The predicted molar refractivity (Wildman–Crippen MR) is 127 cm³/mol. The fourth-order valence-corrected chi connectivity index (χ4v) is 3.10. The van der Waals surface area contributed by atoms with Crippen molar-refractivity contribution in [2.45, 2.75) is 25.2 Å². The number of para-hydroxylation sites is 1. The van der Waals surface area contributed by atoms with Crippen molar-refractivity contribution in [1.82, 2.24) is 15.5 Å². The van der Waals surface area contributed by atoms with Crippen molar-refractivity contribution in [3.8, 4) is 5.75 Å². The SMILES string of the molecule is CN(C)C(=O)CNC(=NCc1ccc(C(F)(F)F)cc1)NC1CCOc2ccccc21.I. The summed E-state index contributed by atoms with van der Waals surface area (Å²) in [5, 5.41) is 6.33. The zero-order valence-corrected chi connectivity index (χ0v) is 20.1. The van der Waals surface area contributed by atoms with Crippen molar-refractivity contribution < 1.29 is 22.7 Å². The van der Waals surface area contributed by atoms with E-state index in [4.69, 9.17) is 4.74 Å². The molecule has 32 heavy (non-hydrogen) atoms. The average molecular weight is 562 g/mol. The molecule has 3 rings (SSSR count). The van der Waals surface area contributed by atoms with Gasteiger partial charge >= 0.3 is 6.18 Å². The number of ether oxygens (including phenoxy) is 1. The topological polar surface area (TPSA) is 66.0 Å². The summed E-state index contributed by atoms with van der Waals surface area (Å²) in [7, 11) is 3.32. The van der Waals surface area contributed by atoms with Gasteiger partial charge in [-0.2, -0.15) is 13.2 Å². The van der Waals surface area contributed by atoms with Crippen molar-refractivity contribution >= 4 is 35.8 Å². The third kappa shape index (κ3) is 7.01. The lowest BCUT2D eigenvalue weighted by Gasteiger charge is -2.28.